The van der Waals surface area contributed by atoms with Crippen molar-refractivity contribution in [3.05, 3.63) is 47.5 Å². The molecule has 4 nitrogen and oxygen atoms in total. The molecule has 0 saturated heterocycles. The minimum absolute atomic E-state index is 0.216. The van der Waals surface area contributed by atoms with E-state index in [0.717, 1.165) is 11.1 Å². The van der Waals surface area contributed by atoms with Crippen LogP contribution in [0.15, 0.2) is 30.9 Å². The zero-order valence-corrected chi connectivity index (χ0v) is 12.1. The van der Waals surface area contributed by atoms with Gasteiger partial charge in [0.15, 0.2) is 12.7 Å². The summed E-state index contributed by atoms with van der Waals surface area (Å²) in [6.45, 7) is 8.88. The van der Waals surface area contributed by atoms with Gasteiger partial charge in [0.1, 0.15) is 0 Å². The van der Waals surface area contributed by atoms with Crippen LogP contribution in [0, 0.1) is 13.8 Å². The molecule has 0 aromatic heterocycles. The fourth-order valence-electron chi connectivity index (χ4n) is 1.74. The van der Waals surface area contributed by atoms with Crippen LogP contribution in [0.3, 0.4) is 0 Å². The van der Waals surface area contributed by atoms with Crippen LogP contribution in [0.1, 0.15) is 28.4 Å². The Labute approximate surface area is 119 Å². The molecular formula is C16H20O4. The molecule has 1 unspecified atom stereocenters. The molecule has 1 aromatic carbocycles. The van der Waals surface area contributed by atoms with E-state index in [4.69, 9.17) is 9.47 Å². The van der Waals surface area contributed by atoms with E-state index in [1.165, 1.54) is 0 Å². The van der Waals surface area contributed by atoms with Gasteiger partial charge < -0.3 is 9.47 Å². The van der Waals surface area contributed by atoms with Crippen LogP contribution in [0.4, 0.5) is 0 Å². The Balaban J connectivity index is 2.54. The van der Waals surface area contributed by atoms with E-state index in [1.54, 1.807) is 19.1 Å². The number of carbonyl (C=O) groups excluding carboxylic acids is 2. The van der Waals surface area contributed by atoms with Gasteiger partial charge in [0, 0.05) is 5.56 Å². The average molecular weight is 276 g/mol. The lowest BCUT2D eigenvalue weighted by molar-refractivity contribution is -0.154. The Morgan fingerprint density at radius 2 is 2.05 bits per heavy atom. The summed E-state index contributed by atoms with van der Waals surface area (Å²) in [6, 6.07) is 5.53. The van der Waals surface area contributed by atoms with Crippen molar-refractivity contribution in [2.75, 3.05) is 13.2 Å². The van der Waals surface area contributed by atoms with E-state index in [9.17, 15) is 9.59 Å². The first-order valence-electron chi connectivity index (χ1n) is 6.45. The van der Waals surface area contributed by atoms with Crippen molar-refractivity contribution in [2.24, 2.45) is 0 Å². The molecule has 1 rings (SSSR count). The van der Waals surface area contributed by atoms with Crippen LogP contribution in [-0.4, -0.2) is 31.1 Å². The molecule has 1 aromatic rings. The average Bonchev–Trinajstić information content (AvgIpc) is 2.41. The number of ketones is 1. The third-order valence-electron chi connectivity index (χ3n) is 2.82. The maximum atomic E-state index is 12.0. The molecule has 1 atom stereocenters. The van der Waals surface area contributed by atoms with E-state index in [0.29, 0.717) is 5.56 Å². The second-order valence-electron chi connectivity index (χ2n) is 4.61. The summed E-state index contributed by atoms with van der Waals surface area (Å²) >= 11 is 0. The quantitative estimate of drug-likeness (QED) is 0.436. The number of benzene rings is 1. The molecule has 0 aliphatic heterocycles. The van der Waals surface area contributed by atoms with Crippen molar-refractivity contribution in [1.29, 1.82) is 0 Å². The zero-order chi connectivity index (χ0) is 15.1. The molecule has 0 spiro atoms. The number of esters is 1. The molecule has 4 heteroatoms. The van der Waals surface area contributed by atoms with Crippen LogP contribution in [0.25, 0.3) is 0 Å². The highest BCUT2D eigenvalue weighted by Gasteiger charge is 2.17. The first kappa shape index (κ1) is 16.1. The van der Waals surface area contributed by atoms with Gasteiger partial charge in [0.25, 0.3) is 0 Å². The van der Waals surface area contributed by atoms with E-state index in [1.807, 2.05) is 26.0 Å². The monoisotopic (exact) mass is 276 g/mol. The number of ether oxygens (including phenoxy) is 2. The summed E-state index contributed by atoms with van der Waals surface area (Å²) in [6.07, 6.45) is 0.838. The Kier molecular flexibility index (Phi) is 6.12. The summed E-state index contributed by atoms with van der Waals surface area (Å²) < 4.78 is 10.1. The summed E-state index contributed by atoms with van der Waals surface area (Å²) in [5, 5.41) is 0. The van der Waals surface area contributed by atoms with E-state index < -0.39 is 12.1 Å². The maximum Gasteiger partial charge on any atom is 0.335 e. The van der Waals surface area contributed by atoms with Gasteiger partial charge in [-0.15, -0.1) is 6.58 Å². The molecule has 0 radical (unpaired) electrons. The lowest BCUT2D eigenvalue weighted by Gasteiger charge is -2.11. The molecule has 0 fully saturated rings. The Bertz CT molecular complexity index is 505. The van der Waals surface area contributed by atoms with Crippen LogP contribution >= 0.6 is 0 Å². The second-order valence-corrected chi connectivity index (χ2v) is 4.61. The number of aryl methyl sites for hydroxylation is 2. The Morgan fingerprint density at radius 3 is 2.65 bits per heavy atom. The zero-order valence-electron chi connectivity index (χ0n) is 12.1. The van der Waals surface area contributed by atoms with Crippen molar-refractivity contribution in [3.63, 3.8) is 0 Å². The Morgan fingerprint density at radius 1 is 1.35 bits per heavy atom. The first-order valence-corrected chi connectivity index (χ1v) is 6.45. The van der Waals surface area contributed by atoms with Crippen molar-refractivity contribution in [3.8, 4) is 0 Å². The number of Topliss-reactive ketones (excluding diaryl/α,β-unsaturated/α-hetero) is 1. The summed E-state index contributed by atoms with van der Waals surface area (Å²) in [5.41, 5.74) is 2.53. The van der Waals surface area contributed by atoms with Crippen molar-refractivity contribution < 1.29 is 19.1 Å². The number of carbonyl (C=O) groups is 2. The van der Waals surface area contributed by atoms with Gasteiger partial charge in [-0.05, 0) is 26.3 Å². The summed E-state index contributed by atoms with van der Waals surface area (Å²) in [7, 11) is 0. The van der Waals surface area contributed by atoms with Gasteiger partial charge in [0.2, 0.25) is 5.78 Å². The molecule has 0 heterocycles. The minimum atomic E-state index is -0.708. The highest BCUT2D eigenvalue weighted by molar-refractivity contribution is 5.99. The summed E-state index contributed by atoms with van der Waals surface area (Å²) in [5.74, 6) is -0.767. The third kappa shape index (κ3) is 4.63. The number of rotatable bonds is 7. The Hall–Kier alpha value is -1.94. The van der Waals surface area contributed by atoms with Crippen LogP contribution in [-0.2, 0) is 14.3 Å². The predicted octanol–water partition coefficient (Wildman–Crippen LogP) is 2.62. The van der Waals surface area contributed by atoms with Gasteiger partial charge in [-0.25, -0.2) is 4.79 Å². The van der Waals surface area contributed by atoms with Gasteiger partial charge in [0.05, 0.1) is 6.61 Å². The van der Waals surface area contributed by atoms with Crippen LogP contribution in [0.5, 0.6) is 0 Å². The maximum absolute atomic E-state index is 12.0. The first-order chi connectivity index (χ1) is 9.45. The largest absolute Gasteiger partial charge is 0.455 e. The smallest absolute Gasteiger partial charge is 0.335 e. The van der Waals surface area contributed by atoms with Gasteiger partial charge in [-0.1, -0.05) is 29.8 Å². The van der Waals surface area contributed by atoms with Gasteiger partial charge in [-0.2, -0.15) is 0 Å². The van der Waals surface area contributed by atoms with E-state index in [-0.39, 0.29) is 19.0 Å². The van der Waals surface area contributed by atoms with Crippen molar-refractivity contribution in [2.45, 2.75) is 26.9 Å². The van der Waals surface area contributed by atoms with Crippen LogP contribution < -0.4 is 0 Å². The summed E-state index contributed by atoms with van der Waals surface area (Å²) in [4.78, 5) is 23.6. The third-order valence-corrected chi connectivity index (χ3v) is 2.82. The second kappa shape index (κ2) is 7.60. The van der Waals surface area contributed by atoms with Crippen molar-refractivity contribution >= 4 is 11.8 Å². The minimum Gasteiger partial charge on any atom is -0.455 e. The van der Waals surface area contributed by atoms with Gasteiger partial charge in [-0.3, -0.25) is 4.79 Å². The molecule has 0 bridgehead atoms. The normalized spacial score (nSPS) is 11.8. The van der Waals surface area contributed by atoms with Gasteiger partial charge >= 0.3 is 5.97 Å². The lowest BCUT2D eigenvalue weighted by atomic mass is 10.0. The van der Waals surface area contributed by atoms with E-state index in [2.05, 4.69) is 6.58 Å². The molecule has 0 saturated carbocycles. The number of hydrogen-bond acceptors (Lipinski definition) is 4. The lowest BCUT2D eigenvalue weighted by Crippen LogP contribution is -2.26. The molecule has 20 heavy (non-hydrogen) atoms. The molecule has 0 amide bonds. The molecule has 0 N–H and O–H groups in total. The molecule has 0 aliphatic carbocycles. The molecular weight excluding hydrogens is 256 g/mol. The predicted molar refractivity (Wildman–Crippen MR) is 76.8 cm³/mol. The van der Waals surface area contributed by atoms with E-state index >= 15 is 0 Å². The van der Waals surface area contributed by atoms with Crippen LogP contribution in [0.2, 0.25) is 0 Å². The molecule has 108 valence electrons. The topological polar surface area (TPSA) is 52.6 Å². The van der Waals surface area contributed by atoms with Crippen molar-refractivity contribution in [1.82, 2.24) is 0 Å². The molecule has 0 aliphatic rings. The fraction of sp³-hybridized carbons (Fsp3) is 0.375. The number of hydrogen-bond donors (Lipinski definition) is 0. The SMILES string of the molecule is C=CCOC(C)C(=O)OCC(=O)c1ccc(C)cc1C. The fourth-order valence-corrected chi connectivity index (χ4v) is 1.74. The highest BCUT2D eigenvalue weighted by atomic mass is 16.6. The standard InChI is InChI=1S/C16H20O4/c1-5-8-19-13(4)16(18)20-10-15(17)14-7-6-11(2)9-12(14)3/h5-7,9,13H,1,8,10H2,2-4H3. The highest BCUT2D eigenvalue weighted by Crippen LogP contribution is 2.11.